The standard InChI is InChI=1S/C21H18F3N5O3S/c1-12(17-18(26-8-7-25-17)19-27-5-2-6-28-19)29-20(30)13-9-14(21(22,23)24)11-16(10-13)33(31,32)15-3-4-15/h2,5-12,15H,3-4H2,1H3,(H,29,30). The number of nitrogens with one attached hydrogen (secondary N) is 1. The Labute approximate surface area is 187 Å². The lowest BCUT2D eigenvalue weighted by atomic mass is 10.1. The molecular weight excluding hydrogens is 459 g/mol. The molecule has 8 nitrogen and oxygen atoms in total. The maximum atomic E-state index is 13.4. The second-order valence-corrected chi connectivity index (χ2v) is 9.77. The van der Waals surface area contributed by atoms with Crippen LogP contribution in [-0.4, -0.2) is 39.5 Å². The SMILES string of the molecule is CC(NC(=O)c1cc(C(F)(F)F)cc(S(=O)(=O)C2CC2)c1)c1nccnc1-c1ncccn1. The summed E-state index contributed by atoms with van der Waals surface area (Å²) in [4.78, 5) is 29.0. The van der Waals surface area contributed by atoms with Crippen LogP contribution in [0.3, 0.4) is 0 Å². The fourth-order valence-electron chi connectivity index (χ4n) is 3.24. The van der Waals surface area contributed by atoms with Gasteiger partial charge in [-0.3, -0.25) is 9.78 Å². The van der Waals surface area contributed by atoms with Crippen LogP contribution in [0.25, 0.3) is 11.5 Å². The van der Waals surface area contributed by atoms with Crippen LogP contribution in [0.4, 0.5) is 13.2 Å². The number of sulfone groups is 1. The third-order valence-electron chi connectivity index (χ3n) is 5.05. The molecule has 1 fully saturated rings. The van der Waals surface area contributed by atoms with Crippen molar-refractivity contribution in [3.8, 4) is 11.5 Å². The summed E-state index contributed by atoms with van der Waals surface area (Å²) in [5.41, 5.74) is -1.03. The van der Waals surface area contributed by atoms with Crippen molar-refractivity contribution >= 4 is 15.7 Å². The largest absolute Gasteiger partial charge is 0.416 e. The van der Waals surface area contributed by atoms with Crippen molar-refractivity contribution in [2.24, 2.45) is 0 Å². The second kappa shape index (κ2) is 8.50. The molecule has 3 aromatic rings. The number of carbonyl (C=O) groups excluding carboxylic acids is 1. The molecule has 4 rings (SSSR count). The van der Waals surface area contributed by atoms with E-state index >= 15 is 0 Å². The third kappa shape index (κ3) is 4.85. The zero-order chi connectivity index (χ0) is 23.8. The zero-order valence-corrected chi connectivity index (χ0v) is 18.1. The number of carbonyl (C=O) groups is 1. The summed E-state index contributed by atoms with van der Waals surface area (Å²) in [6.45, 7) is 1.57. The molecule has 2 aromatic heterocycles. The maximum absolute atomic E-state index is 13.4. The molecular formula is C21H18F3N5O3S. The molecule has 0 saturated heterocycles. The Bertz CT molecular complexity index is 1300. The monoisotopic (exact) mass is 477 g/mol. The van der Waals surface area contributed by atoms with Gasteiger partial charge in [0.2, 0.25) is 0 Å². The predicted octanol–water partition coefficient (Wildman–Crippen LogP) is 3.38. The smallest absolute Gasteiger partial charge is 0.344 e. The van der Waals surface area contributed by atoms with Gasteiger partial charge in [0, 0.05) is 30.4 Å². The number of amides is 1. The molecule has 0 aliphatic heterocycles. The maximum Gasteiger partial charge on any atom is 0.416 e. The van der Waals surface area contributed by atoms with Gasteiger partial charge in [-0.15, -0.1) is 0 Å². The molecule has 33 heavy (non-hydrogen) atoms. The molecule has 172 valence electrons. The minimum Gasteiger partial charge on any atom is -0.344 e. The first-order valence-corrected chi connectivity index (χ1v) is 11.5. The number of hydrogen-bond donors (Lipinski definition) is 1. The Balaban J connectivity index is 1.67. The fraction of sp³-hybridized carbons (Fsp3) is 0.286. The topological polar surface area (TPSA) is 115 Å². The number of hydrogen-bond acceptors (Lipinski definition) is 7. The Morgan fingerprint density at radius 1 is 1.03 bits per heavy atom. The molecule has 12 heteroatoms. The lowest BCUT2D eigenvalue weighted by molar-refractivity contribution is -0.137. The average molecular weight is 477 g/mol. The van der Waals surface area contributed by atoms with Gasteiger partial charge in [0.25, 0.3) is 5.91 Å². The Kier molecular flexibility index (Phi) is 5.87. The average Bonchev–Trinajstić information content (AvgIpc) is 3.65. The van der Waals surface area contributed by atoms with Crippen molar-refractivity contribution in [2.75, 3.05) is 0 Å². The Morgan fingerprint density at radius 2 is 1.70 bits per heavy atom. The minimum absolute atomic E-state index is 0.263. The van der Waals surface area contributed by atoms with Crippen molar-refractivity contribution in [1.82, 2.24) is 25.3 Å². The van der Waals surface area contributed by atoms with E-state index < -0.39 is 49.2 Å². The molecule has 2 heterocycles. The number of benzene rings is 1. The fourth-order valence-corrected chi connectivity index (χ4v) is 4.96. The highest BCUT2D eigenvalue weighted by Crippen LogP contribution is 2.37. The highest BCUT2D eigenvalue weighted by atomic mass is 32.2. The van der Waals surface area contributed by atoms with Crippen LogP contribution in [0.15, 0.2) is 53.9 Å². The summed E-state index contributed by atoms with van der Waals surface area (Å²) in [5.74, 6) is -0.620. The van der Waals surface area contributed by atoms with Crippen molar-refractivity contribution < 1.29 is 26.4 Å². The van der Waals surface area contributed by atoms with Crippen LogP contribution in [-0.2, 0) is 16.0 Å². The second-order valence-electron chi connectivity index (χ2n) is 7.55. The molecule has 0 spiro atoms. The molecule has 1 saturated carbocycles. The van der Waals surface area contributed by atoms with Crippen molar-refractivity contribution in [3.05, 3.63) is 65.9 Å². The van der Waals surface area contributed by atoms with Gasteiger partial charge in [-0.25, -0.2) is 23.4 Å². The Hall–Kier alpha value is -3.41. The molecule has 1 N–H and O–H groups in total. The van der Waals surface area contributed by atoms with E-state index in [-0.39, 0.29) is 5.82 Å². The first-order valence-electron chi connectivity index (χ1n) is 9.92. The van der Waals surface area contributed by atoms with Crippen LogP contribution in [0.5, 0.6) is 0 Å². The van der Waals surface area contributed by atoms with E-state index in [1.54, 1.807) is 13.0 Å². The summed E-state index contributed by atoms with van der Waals surface area (Å²) < 4.78 is 65.4. The van der Waals surface area contributed by atoms with E-state index in [0.717, 1.165) is 6.07 Å². The van der Waals surface area contributed by atoms with E-state index in [9.17, 15) is 26.4 Å². The number of aromatic nitrogens is 4. The van der Waals surface area contributed by atoms with Gasteiger partial charge in [0.1, 0.15) is 5.69 Å². The zero-order valence-electron chi connectivity index (χ0n) is 17.2. The highest BCUT2D eigenvalue weighted by Gasteiger charge is 2.39. The molecule has 0 radical (unpaired) electrons. The van der Waals surface area contributed by atoms with Crippen molar-refractivity contribution in [2.45, 2.75) is 42.1 Å². The summed E-state index contributed by atoms with van der Waals surface area (Å²) >= 11 is 0. The first kappa shape index (κ1) is 22.8. The van der Waals surface area contributed by atoms with Crippen LogP contribution >= 0.6 is 0 Å². The Morgan fingerprint density at radius 3 is 2.33 bits per heavy atom. The quantitative estimate of drug-likeness (QED) is 0.579. The van der Waals surface area contributed by atoms with Gasteiger partial charge in [-0.05, 0) is 44.0 Å². The number of alkyl halides is 3. The van der Waals surface area contributed by atoms with E-state index in [1.165, 1.54) is 24.8 Å². The molecule has 1 aliphatic carbocycles. The van der Waals surface area contributed by atoms with Crippen molar-refractivity contribution in [1.29, 1.82) is 0 Å². The lowest BCUT2D eigenvalue weighted by Crippen LogP contribution is -2.28. The van der Waals surface area contributed by atoms with Gasteiger partial charge in [-0.2, -0.15) is 13.2 Å². The molecule has 1 aliphatic rings. The number of halogens is 3. The van der Waals surface area contributed by atoms with E-state index in [4.69, 9.17) is 0 Å². The predicted molar refractivity (Wildman–Crippen MR) is 111 cm³/mol. The minimum atomic E-state index is -4.82. The van der Waals surface area contributed by atoms with Crippen LogP contribution < -0.4 is 5.32 Å². The molecule has 1 amide bonds. The van der Waals surface area contributed by atoms with E-state index in [0.29, 0.717) is 36.4 Å². The van der Waals surface area contributed by atoms with Crippen molar-refractivity contribution in [3.63, 3.8) is 0 Å². The van der Waals surface area contributed by atoms with Crippen LogP contribution in [0.2, 0.25) is 0 Å². The van der Waals surface area contributed by atoms with Crippen LogP contribution in [0, 0.1) is 0 Å². The summed E-state index contributed by atoms with van der Waals surface area (Å²) in [6, 6.07) is 3.00. The van der Waals surface area contributed by atoms with Gasteiger partial charge < -0.3 is 5.32 Å². The third-order valence-corrected chi connectivity index (χ3v) is 7.29. The van der Waals surface area contributed by atoms with Crippen LogP contribution in [0.1, 0.15) is 47.4 Å². The first-order chi connectivity index (χ1) is 15.6. The number of rotatable bonds is 6. The molecule has 1 unspecified atom stereocenters. The lowest BCUT2D eigenvalue weighted by Gasteiger charge is -2.17. The molecule has 1 aromatic carbocycles. The normalized spacial score (nSPS) is 15.2. The summed E-state index contributed by atoms with van der Waals surface area (Å²) in [7, 11) is -3.95. The van der Waals surface area contributed by atoms with Gasteiger partial charge in [0.15, 0.2) is 15.7 Å². The number of nitrogens with zero attached hydrogens (tertiary/aromatic N) is 4. The van der Waals surface area contributed by atoms with Gasteiger partial charge in [0.05, 0.1) is 27.4 Å². The highest BCUT2D eigenvalue weighted by molar-refractivity contribution is 7.92. The molecule has 0 bridgehead atoms. The summed E-state index contributed by atoms with van der Waals surface area (Å²) in [6.07, 6.45) is 1.78. The molecule has 1 atom stereocenters. The van der Waals surface area contributed by atoms with E-state index in [1.807, 2.05) is 0 Å². The van der Waals surface area contributed by atoms with E-state index in [2.05, 4.69) is 25.3 Å². The van der Waals surface area contributed by atoms with Gasteiger partial charge in [-0.1, -0.05) is 0 Å². The summed E-state index contributed by atoms with van der Waals surface area (Å²) in [5, 5.41) is 1.85. The van der Waals surface area contributed by atoms with Gasteiger partial charge >= 0.3 is 6.18 Å².